The third-order valence-corrected chi connectivity index (χ3v) is 2.42. The van der Waals surface area contributed by atoms with Crippen LogP contribution in [0.1, 0.15) is 6.92 Å². The fraction of sp³-hybridized carbons (Fsp3) is 0.300. The monoisotopic (exact) mass is 224 g/mol. The van der Waals surface area contributed by atoms with Crippen LogP contribution in [-0.2, 0) is 0 Å². The molecule has 0 fully saturated rings. The van der Waals surface area contributed by atoms with Crippen LogP contribution in [-0.4, -0.2) is 21.7 Å². The van der Waals surface area contributed by atoms with Crippen LogP contribution in [0.15, 0.2) is 36.8 Å². The highest BCUT2D eigenvalue weighted by molar-refractivity contribution is 6.26. The summed E-state index contributed by atoms with van der Waals surface area (Å²) in [6, 6.07) is 3.78. The van der Waals surface area contributed by atoms with Gasteiger partial charge in [-0.15, -0.1) is 0 Å². The number of hydrazine groups is 1. The van der Waals surface area contributed by atoms with Gasteiger partial charge < -0.3 is 10.3 Å². The Morgan fingerprint density at radius 2 is 2.53 bits per heavy atom. The summed E-state index contributed by atoms with van der Waals surface area (Å²) in [6.07, 6.45) is 7.23. The third-order valence-electron chi connectivity index (χ3n) is 2.12. The van der Waals surface area contributed by atoms with Gasteiger partial charge in [-0.1, -0.05) is 11.6 Å². The van der Waals surface area contributed by atoms with Crippen LogP contribution in [0.3, 0.4) is 0 Å². The van der Waals surface area contributed by atoms with Crippen molar-refractivity contribution in [3.8, 4) is 0 Å². The number of hydrogen-bond acceptors (Lipinski definition) is 4. The number of hydrogen-bond donors (Lipinski definition) is 2. The van der Waals surface area contributed by atoms with Crippen molar-refractivity contribution in [1.82, 2.24) is 15.4 Å². The smallest absolute Gasteiger partial charge is 0.204 e. The van der Waals surface area contributed by atoms with E-state index in [-0.39, 0.29) is 0 Å². The second-order valence-electron chi connectivity index (χ2n) is 3.29. The quantitative estimate of drug-likeness (QED) is 0.606. The van der Waals surface area contributed by atoms with Gasteiger partial charge in [0.05, 0.1) is 11.9 Å². The minimum atomic E-state index is -0.751. The van der Waals surface area contributed by atoms with Crippen molar-refractivity contribution in [1.29, 1.82) is 0 Å². The van der Waals surface area contributed by atoms with Gasteiger partial charge in [-0.05, 0) is 25.1 Å². The van der Waals surface area contributed by atoms with E-state index >= 15 is 0 Å². The Balaban J connectivity index is 2.04. The largest absolute Gasteiger partial charge is 0.349 e. The summed E-state index contributed by atoms with van der Waals surface area (Å²) in [6.45, 7) is 2.91. The number of rotatable bonds is 3. The van der Waals surface area contributed by atoms with Gasteiger partial charge in [-0.25, -0.2) is 0 Å². The Hall–Kier alpha value is -1.26. The zero-order valence-electron chi connectivity index (χ0n) is 8.44. The SMILES string of the molecule is CCN1C=CC(Cl)(Nc2cccnc2)N1. The minimum absolute atomic E-state index is 0.751. The molecular formula is C10H13ClN4. The number of pyridine rings is 1. The van der Waals surface area contributed by atoms with Crippen LogP contribution in [0.4, 0.5) is 5.69 Å². The van der Waals surface area contributed by atoms with Crippen molar-refractivity contribution in [2.75, 3.05) is 11.9 Å². The molecule has 2 heterocycles. The number of halogens is 1. The molecule has 5 heteroatoms. The lowest BCUT2D eigenvalue weighted by atomic mass is 10.4. The standard InChI is InChI=1S/C10H13ClN4/c1-2-15-7-5-10(11,14-15)13-9-4-3-6-12-8-9/h3-8,13-14H,2H2,1H3. The maximum absolute atomic E-state index is 6.30. The van der Waals surface area contributed by atoms with Crippen LogP contribution in [0.5, 0.6) is 0 Å². The van der Waals surface area contributed by atoms with Gasteiger partial charge in [0.2, 0.25) is 5.12 Å². The molecule has 0 aliphatic carbocycles. The summed E-state index contributed by atoms with van der Waals surface area (Å²) in [7, 11) is 0. The summed E-state index contributed by atoms with van der Waals surface area (Å²) in [5.74, 6) is 0. The highest BCUT2D eigenvalue weighted by Crippen LogP contribution is 2.22. The normalized spacial score (nSPS) is 24.5. The molecule has 0 radical (unpaired) electrons. The Morgan fingerprint density at radius 1 is 1.67 bits per heavy atom. The Labute approximate surface area is 93.9 Å². The first-order chi connectivity index (χ1) is 7.22. The molecule has 1 aliphatic heterocycles. The number of alkyl halides is 1. The molecule has 1 aromatic heterocycles. The van der Waals surface area contributed by atoms with Crippen molar-refractivity contribution < 1.29 is 0 Å². The molecule has 4 nitrogen and oxygen atoms in total. The second-order valence-corrected chi connectivity index (χ2v) is 3.89. The molecule has 0 bridgehead atoms. The highest BCUT2D eigenvalue weighted by Gasteiger charge is 2.29. The maximum atomic E-state index is 6.30. The van der Waals surface area contributed by atoms with Gasteiger partial charge in [-0.2, -0.15) is 5.43 Å². The summed E-state index contributed by atoms with van der Waals surface area (Å²) in [5.41, 5.74) is 3.99. The second kappa shape index (κ2) is 4.08. The fourth-order valence-corrected chi connectivity index (χ4v) is 1.65. The lowest BCUT2D eigenvalue weighted by molar-refractivity contribution is 0.283. The zero-order chi connectivity index (χ0) is 10.7. The Morgan fingerprint density at radius 3 is 3.13 bits per heavy atom. The van der Waals surface area contributed by atoms with E-state index in [9.17, 15) is 0 Å². The fourth-order valence-electron chi connectivity index (χ4n) is 1.38. The maximum Gasteiger partial charge on any atom is 0.204 e. The molecule has 80 valence electrons. The molecular weight excluding hydrogens is 212 g/mol. The van der Waals surface area contributed by atoms with Gasteiger partial charge in [0.25, 0.3) is 0 Å². The van der Waals surface area contributed by atoms with Crippen LogP contribution in [0, 0.1) is 0 Å². The van der Waals surface area contributed by atoms with Gasteiger partial charge in [0.1, 0.15) is 0 Å². The van der Waals surface area contributed by atoms with E-state index in [1.54, 1.807) is 12.4 Å². The number of nitrogens with zero attached hydrogens (tertiary/aromatic N) is 2. The van der Waals surface area contributed by atoms with Crippen LogP contribution in [0.25, 0.3) is 0 Å². The van der Waals surface area contributed by atoms with E-state index in [0.717, 1.165) is 12.2 Å². The lowest BCUT2D eigenvalue weighted by Gasteiger charge is -2.26. The topological polar surface area (TPSA) is 40.2 Å². The molecule has 2 rings (SSSR count). The van der Waals surface area contributed by atoms with Crippen molar-refractivity contribution in [3.05, 3.63) is 36.8 Å². The van der Waals surface area contributed by atoms with Crippen LogP contribution >= 0.6 is 11.6 Å². The predicted molar refractivity (Wildman–Crippen MR) is 61.1 cm³/mol. The van der Waals surface area contributed by atoms with Crippen molar-refractivity contribution in [3.63, 3.8) is 0 Å². The summed E-state index contributed by atoms with van der Waals surface area (Å²) >= 11 is 6.30. The average molecular weight is 225 g/mol. The van der Waals surface area contributed by atoms with Crippen molar-refractivity contribution >= 4 is 17.3 Å². The number of nitrogens with one attached hydrogen (secondary N) is 2. The Kier molecular flexibility index (Phi) is 2.79. The Bertz CT molecular complexity index is 354. The van der Waals surface area contributed by atoms with Gasteiger partial charge in [0, 0.05) is 18.9 Å². The summed E-state index contributed by atoms with van der Waals surface area (Å²) < 4.78 is 0. The average Bonchev–Trinajstić information content (AvgIpc) is 2.61. The van der Waals surface area contributed by atoms with E-state index in [1.165, 1.54) is 0 Å². The van der Waals surface area contributed by atoms with Crippen LogP contribution < -0.4 is 10.7 Å². The number of aromatic nitrogens is 1. The minimum Gasteiger partial charge on any atom is -0.349 e. The molecule has 1 aliphatic rings. The first kappa shape index (κ1) is 10.3. The third kappa shape index (κ3) is 2.40. The molecule has 2 N–H and O–H groups in total. The van der Waals surface area contributed by atoms with Crippen molar-refractivity contribution in [2.24, 2.45) is 0 Å². The first-order valence-corrected chi connectivity index (χ1v) is 5.20. The molecule has 0 aromatic carbocycles. The van der Waals surface area contributed by atoms with Gasteiger partial charge in [0.15, 0.2) is 0 Å². The molecule has 1 unspecified atom stereocenters. The molecule has 1 aromatic rings. The lowest BCUT2D eigenvalue weighted by Crippen LogP contribution is -2.47. The number of anilines is 1. The van der Waals surface area contributed by atoms with E-state index in [4.69, 9.17) is 11.6 Å². The van der Waals surface area contributed by atoms with Crippen LogP contribution in [0.2, 0.25) is 0 Å². The molecule has 0 saturated carbocycles. The van der Waals surface area contributed by atoms with E-state index in [2.05, 4.69) is 15.7 Å². The summed E-state index contributed by atoms with van der Waals surface area (Å²) in [4.78, 5) is 4.01. The molecule has 1 atom stereocenters. The highest BCUT2D eigenvalue weighted by atomic mass is 35.5. The van der Waals surface area contributed by atoms with E-state index in [1.807, 2.05) is 36.3 Å². The molecule has 0 spiro atoms. The molecule has 0 saturated heterocycles. The first-order valence-electron chi connectivity index (χ1n) is 4.83. The van der Waals surface area contributed by atoms with Gasteiger partial charge in [-0.3, -0.25) is 4.98 Å². The predicted octanol–water partition coefficient (Wildman–Crippen LogP) is 1.74. The zero-order valence-corrected chi connectivity index (χ0v) is 9.20. The molecule has 0 amide bonds. The van der Waals surface area contributed by atoms with Gasteiger partial charge >= 0.3 is 0 Å². The van der Waals surface area contributed by atoms with E-state index < -0.39 is 5.12 Å². The summed E-state index contributed by atoms with van der Waals surface area (Å²) in [5, 5.41) is 4.31. The van der Waals surface area contributed by atoms with Crippen molar-refractivity contribution in [2.45, 2.75) is 12.0 Å². The molecule has 15 heavy (non-hydrogen) atoms. The van der Waals surface area contributed by atoms with E-state index in [0.29, 0.717) is 0 Å².